The fraction of sp³-hybridized carbons (Fsp3) is 0.263. The highest BCUT2D eigenvalue weighted by molar-refractivity contribution is 5.96. The predicted molar refractivity (Wildman–Crippen MR) is 90.4 cm³/mol. The van der Waals surface area contributed by atoms with Gasteiger partial charge < -0.3 is 15.0 Å². The molecule has 2 amide bonds. The van der Waals surface area contributed by atoms with E-state index in [0.29, 0.717) is 19.7 Å². The molecule has 1 atom stereocenters. The molecule has 2 aromatic carbocycles. The molecule has 5 nitrogen and oxygen atoms in total. The van der Waals surface area contributed by atoms with E-state index in [1.807, 2.05) is 30.3 Å². The highest BCUT2D eigenvalue weighted by Crippen LogP contribution is 2.21. The van der Waals surface area contributed by atoms with Crippen molar-refractivity contribution >= 4 is 11.8 Å². The van der Waals surface area contributed by atoms with Crippen LogP contribution >= 0.6 is 0 Å². The van der Waals surface area contributed by atoms with E-state index in [4.69, 9.17) is 4.74 Å². The van der Waals surface area contributed by atoms with Gasteiger partial charge in [-0.3, -0.25) is 9.59 Å². The quantitative estimate of drug-likeness (QED) is 0.910. The Kier molecular flexibility index (Phi) is 5.58. The molecule has 7 heteroatoms. The van der Waals surface area contributed by atoms with Crippen molar-refractivity contribution in [2.24, 2.45) is 0 Å². The van der Waals surface area contributed by atoms with Gasteiger partial charge in [0, 0.05) is 6.54 Å². The van der Waals surface area contributed by atoms with Crippen LogP contribution in [0.5, 0.6) is 0 Å². The first kappa shape index (κ1) is 18.0. The number of rotatable bonds is 4. The molecule has 0 spiro atoms. The number of benzene rings is 2. The molecule has 26 heavy (non-hydrogen) atoms. The normalized spacial score (nSPS) is 17.0. The number of nitrogens with one attached hydrogen (secondary N) is 1. The fourth-order valence-electron chi connectivity index (χ4n) is 2.82. The molecule has 1 N–H and O–H groups in total. The maximum atomic E-state index is 13.6. The van der Waals surface area contributed by atoms with Gasteiger partial charge in [0.15, 0.2) is 0 Å². The summed E-state index contributed by atoms with van der Waals surface area (Å²) in [5.41, 5.74) is 0.270. The smallest absolute Gasteiger partial charge is 0.257 e. The molecule has 0 saturated carbocycles. The van der Waals surface area contributed by atoms with Gasteiger partial charge in [0.05, 0.1) is 19.7 Å². The second-order valence-electron chi connectivity index (χ2n) is 5.89. The number of ether oxygens (including phenoxy) is 1. The van der Waals surface area contributed by atoms with E-state index in [9.17, 15) is 18.4 Å². The van der Waals surface area contributed by atoms with E-state index in [0.717, 1.165) is 17.7 Å². The van der Waals surface area contributed by atoms with Crippen molar-refractivity contribution in [1.29, 1.82) is 0 Å². The highest BCUT2D eigenvalue weighted by atomic mass is 19.1. The molecule has 1 heterocycles. The van der Waals surface area contributed by atoms with Crippen LogP contribution in [0.4, 0.5) is 8.78 Å². The molecule has 1 aliphatic rings. The third-order valence-electron chi connectivity index (χ3n) is 4.18. The Labute approximate surface area is 149 Å². The van der Waals surface area contributed by atoms with Crippen LogP contribution in [-0.4, -0.2) is 43.0 Å². The summed E-state index contributed by atoms with van der Waals surface area (Å²) in [6.07, 6.45) is -0.242. The van der Waals surface area contributed by atoms with Gasteiger partial charge in [-0.25, -0.2) is 8.78 Å². The van der Waals surface area contributed by atoms with Crippen LogP contribution in [0.25, 0.3) is 0 Å². The molecular weight excluding hydrogens is 342 g/mol. The lowest BCUT2D eigenvalue weighted by molar-refractivity contribution is -0.137. The van der Waals surface area contributed by atoms with Crippen molar-refractivity contribution in [3.63, 3.8) is 0 Å². The number of hydrogen-bond acceptors (Lipinski definition) is 3. The molecule has 2 aromatic rings. The summed E-state index contributed by atoms with van der Waals surface area (Å²) in [6.45, 7) is 0.786. The molecule has 0 aromatic heterocycles. The number of halogens is 2. The summed E-state index contributed by atoms with van der Waals surface area (Å²) in [7, 11) is 0. The van der Waals surface area contributed by atoms with Gasteiger partial charge in [-0.2, -0.15) is 0 Å². The minimum atomic E-state index is -0.967. The Morgan fingerprint density at radius 1 is 1.08 bits per heavy atom. The number of amides is 2. The van der Waals surface area contributed by atoms with E-state index >= 15 is 0 Å². The van der Waals surface area contributed by atoms with E-state index in [2.05, 4.69) is 5.32 Å². The monoisotopic (exact) mass is 360 g/mol. The summed E-state index contributed by atoms with van der Waals surface area (Å²) in [6, 6.07) is 12.7. The first-order chi connectivity index (χ1) is 12.6. The molecular formula is C19H18F2N2O3. The number of nitrogens with zero attached hydrogens (tertiary/aromatic N) is 1. The molecule has 3 rings (SSSR count). The summed E-state index contributed by atoms with van der Waals surface area (Å²) >= 11 is 0. The van der Waals surface area contributed by atoms with Crippen LogP contribution in [0.15, 0.2) is 48.5 Å². The zero-order valence-corrected chi connectivity index (χ0v) is 14.0. The average molecular weight is 360 g/mol. The van der Waals surface area contributed by atoms with Gasteiger partial charge in [-0.1, -0.05) is 36.4 Å². The summed E-state index contributed by atoms with van der Waals surface area (Å²) in [5, 5.41) is 2.28. The van der Waals surface area contributed by atoms with Crippen molar-refractivity contribution < 1.29 is 23.1 Å². The molecule has 1 saturated heterocycles. The first-order valence-electron chi connectivity index (χ1n) is 8.23. The van der Waals surface area contributed by atoms with Crippen molar-refractivity contribution in [3.05, 3.63) is 71.3 Å². The molecule has 1 aliphatic heterocycles. The lowest BCUT2D eigenvalue weighted by Gasteiger charge is -2.33. The van der Waals surface area contributed by atoms with Gasteiger partial charge in [-0.05, 0) is 17.7 Å². The minimum absolute atomic E-state index is 0.242. The van der Waals surface area contributed by atoms with Crippen molar-refractivity contribution in [3.8, 4) is 0 Å². The average Bonchev–Trinajstić information content (AvgIpc) is 2.67. The van der Waals surface area contributed by atoms with Crippen LogP contribution in [0.1, 0.15) is 22.0 Å². The fourth-order valence-corrected chi connectivity index (χ4v) is 2.82. The molecule has 136 valence electrons. The lowest BCUT2D eigenvalue weighted by Crippen LogP contribution is -2.46. The number of carbonyl (C=O) groups excluding carboxylic acids is 2. The van der Waals surface area contributed by atoms with Crippen molar-refractivity contribution in [2.75, 3.05) is 26.2 Å². The van der Waals surface area contributed by atoms with E-state index in [1.54, 1.807) is 4.90 Å². The number of morpholine rings is 1. The van der Waals surface area contributed by atoms with Crippen LogP contribution in [0.2, 0.25) is 0 Å². The largest absolute Gasteiger partial charge is 0.370 e. The third kappa shape index (κ3) is 4.05. The second-order valence-corrected chi connectivity index (χ2v) is 5.89. The first-order valence-corrected chi connectivity index (χ1v) is 8.23. The molecule has 1 fully saturated rings. The van der Waals surface area contributed by atoms with Gasteiger partial charge in [-0.15, -0.1) is 0 Å². The Hall–Kier alpha value is -2.80. The van der Waals surface area contributed by atoms with E-state index in [-0.39, 0.29) is 18.6 Å². The highest BCUT2D eigenvalue weighted by Gasteiger charge is 2.26. The summed E-state index contributed by atoms with van der Waals surface area (Å²) in [4.78, 5) is 25.9. The topological polar surface area (TPSA) is 58.6 Å². The zero-order valence-electron chi connectivity index (χ0n) is 14.0. The maximum absolute atomic E-state index is 13.6. The molecule has 1 unspecified atom stereocenters. The standard InChI is InChI=1S/C19H18F2N2O3/c20-14-7-4-8-15(21)18(14)19(25)22-11-17(24)23-9-10-26-16(12-23)13-5-2-1-3-6-13/h1-8,16H,9-12H2,(H,22,25). The van der Waals surface area contributed by atoms with Crippen LogP contribution in [0.3, 0.4) is 0 Å². The zero-order chi connectivity index (χ0) is 18.5. The van der Waals surface area contributed by atoms with Gasteiger partial charge >= 0.3 is 0 Å². The summed E-state index contributed by atoms with van der Waals surface area (Å²) in [5.74, 6) is -3.22. The Balaban J connectivity index is 1.59. The lowest BCUT2D eigenvalue weighted by atomic mass is 10.1. The van der Waals surface area contributed by atoms with E-state index in [1.165, 1.54) is 6.07 Å². The SMILES string of the molecule is O=C(NCC(=O)N1CCOC(c2ccccc2)C1)c1c(F)cccc1F. The van der Waals surface area contributed by atoms with Crippen molar-refractivity contribution in [2.45, 2.75) is 6.10 Å². The van der Waals surface area contributed by atoms with E-state index < -0.39 is 23.1 Å². The number of carbonyl (C=O) groups is 2. The van der Waals surface area contributed by atoms with Crippen molar-refractivity contribution in [1.82, 2.24) is 10.2 Å². The van der Waals surface area contributed by atoms with Gasteiger partial charge in [0.1, 0.15) is 23.3 Å². The molecule has 0 aliphatic carbocycles. The predicted octanol–water partition coefficient (Wildman–Crippen LogP) is 2.29. The van der Waals surface area contributed by atoms with Crippen LogP contribution in [0, 0.1) is 11.6 Å². The number of hydrogen-bond donors (Lipinski definition) is 1. The van der Waals surface area contributed by atoms with Crippen LogP contribution in [-0.2, 0) is 9.53 Å². The minimum Gasteiger partial charge on any atom is -0.370 e. The molecule has 0 bridgehead atoms. The molecule has 0 radical (unpaired) electrons. The van der Waals surface area contributed by atoms with Gasteiger partial charge in [0.25, 0.3) is 5.91 Å². The Morgan fingerprint density at radius 2 is 1.77 bits per heavy atom. The Bertz CT molecular complexity index is 778. The maximum Gasteiger partial charge on any atom is 0.257 e. The van der Waals surface area contributed by atoms with Gasteiger partial charge in [0.2, 0.25) is 5.91 Å². The Morgan fingerprint density at radius 3 is 2.46 bits per heavy atom. The van der Waals surface area contributed by atoms with Crippen LogP contribution < -0.4 is 5.32 Å². The second kappa shape index (κ2) is 8.05. The third-order valence-corrected chi connectivity index (χ3v) is 4.18. The summed E-state index contributed by atoms with van der Waals surface area (Å²) < 4.78 is 32.9.